The Morgan fingerprint density at radius 2 is 2.12 bits per heavy atom. The van der Waals surface area contributed by atoms with Gasteiger partial charge in [-0.1, -0.05) is 13.0 Å². The van der Waals surface area contributed by atoms with Crippen LogP contribution in [0.2, 0.25) is 0 Å². The molecule has 0 saturated carbocycles. The van der Waals surface area contributed by atoms with E-state index in [9.17, 15) is 0 Å². The van der Waals surface area contributed by atoms with Gasteiger partial charge in [-0.05, 0) is 49.0 Å². The average Bonchev–Trinajstić information content (AvgIpc) is 2.74. The third-order valence-corrected chi connectivity index (χ3v) is 3.64. The second kappa shape index (κ2) is 5.43. The zero-order chi connectivity index (χ0) is 12.3. The summed E-state index contributed by atoms with van der Waals surface area (Å²) in [4.78, 5) is 5.73. The van der Waals surface area contributed by atoms with Gasteiger partial charge in [-0.2, -0.15) is 0 Å². The second-order valence-electron chi connectivity index (χ2n) is 4.21. The van der Waals surface area contributed by atoms with E-state index in [1.807, 2.05) is 13.1 Å². The lowest BCUT2D eigenvalue weighted by Crippen LogP contribution is -2.21. The van der Waals surface area contributed by atoms with Gasteiger partial charge in [0.05, 0.1) is 6.04 Å². The summed E-state index contributed by atoms with van der Waals surface area (Å²) in [6.07, 6.45) is 1.97. The van der Waals surface area contributed by atoms with Crippen LogP contribution in [0.15, 0.2) is 29.8 Å². The van der Waals surface area contributed by atoms with Gasteiger partial charge in [0.15, 0.2) is 0 Å². The Labute approximate surface area is 107 Å². The Kier molecular flexibility index (Phi) is 3.92. The summed E-state index contributed by atoms with van der Waals surface area (Å²) in [5, 5.41) is 5.74. The number of aryl methyl sites for hydroxylation is 2. The Balaban J connectivity index is 2.31. The van der Waals surface area contributed by atoms with Crippen molar-refractivity contribution in [2.24, 2.45) is 0 Å². The first-order valence-corrected chi connectivity index (χ1v) is 6.79. The van der Waals surface area contributed by atoms with E-state index in [2.05, 4.69) is 47.7 Å². The van der Waals surface area contributed by atoms with Gasteiger partial charge < -0.3 is 5.32 Å². The van der Waals surface area contributed by atoms with Crippen molar-refractivity contribution in [3.63, 3.8) is 0 Å². The zero-order valence-corrected chi connectivity index (χ0v) is 11.3. The van der Waals surface area contributed by atoms with Crippen LogP contribution in [0, 0.1) is 13.8 Å². The number of nitrogens with one attached hydrogen (secondary N) is 1. The Morgan fingerprint density at radius 1 is 1.29 bits per heavy atom. The smallest absolute Gasteiger partial charge is 0.0600 e. The van der Waals surface area contributed by atoms with Crippen molar-refractivity contribution >= 4 is 11.3 Å². The minimum Gasteiger partial charge on any atom is -0.306 e. The van der Waals surface area contributed by atoms with Crippen molar-refractivity contribution < 1.29 is 0 Å². The molecular formula is C14H18N2S. The van der Waals surface area contributed by atoms with Gasteiger partial charge in [-0.3, -0.25) is 4.98 Å². The monoisotopic (exact) mass is 246 g/mol. The molecule has 0 aliphatic carbocycles. The van der Waals surface area contributed by atoms with E-state index in [-0.39, 0.29) is 6.04 Å². The molecule has 17 heavy (non-hydrogen) atoms. The highest BCUT2D eigenvalue weighted by atomic mass is 32.1. The van der Waals surface area contributed by atoms with E-state index < -0.39 is 0 Å². The van der Waals surface area contributed by atoms with Gasteiger partial charge in [0.1, 0.15) is 0 Å². The third kappa shape index (κ3) is 2.93. The molecule has 2 nitrogen and oxygen atoms in total. The minimum atomic E-state index is 0.262. The van der Waals surface area contributed by atoms with E-state index >= 15 is 0 Å². The molecule has 0 amide bonds. The summed E-state index contributed by atoms with van der Waals surface area (Å²) in [5.74, 6) is 0. The molecule has 0 radical (unpaired) electrons. The minimum absolute atomic E-state index is 0.262. The SMILES string of the molecule is CCNC(c1ccc(C)nc1)c1csc(C)c1. The summed E-state index contributed by atoms with van der Waals surface area (Å²) in [6, 6.07) is 6.73. The molecule has 0 fully saturated rings. The van der Waals surface area contributed by atoms with Gasteiger partial charge in [0.25, 0.3) is 0 Å². The van der Waals surface area contributed by atoms with Crippen LogP contribution >= 0.6 is 11.3 Å². The summed E-state index contributed by atoms with van der Waals surface area (Å²) in [5.41, 5.74) is 3.63. The van der Waals surface area contributed by atoms with Gasteiger partial charge in [-0.25, -0.2) is 0 Å². The number of thiophene rings is 1. The zero-order valence-electron chi connectivity index (χ0n) is 10.5. The number of aromatic nitrogens is 1. The van der Waals surface area contributed by atoms with Gasteiger partial charge >= 0.3 is 0 Å². The standard InChI is InChI=1S/C14H18N2S/c1-4-15-14(13-7-11(3)17-9-13)12-6-5-10(2)16-8-12/h5-9,14-15H,4H2,1-3H3. The summed E-state index contributed by atoms with van der Waals surface area (Å²) < 4.78 is 0. The van der Waals surface area contributed by atoms with Crippen molar-refractivity contribution in [3.8, 4) is 0 Å². The van der Waals surface area contributed by atoms with Crippen LogP contribution < -0.4 is 5.32 Å². The molecule has 0 bridgehead atoms. The van der Waals surface area contributed by atoms with Gasteiger partial charge in [0.2, 0.25) is 0 Å². The second-order valence-corrected chi connectivity index (χ2v) is 5.33. The molecule has 3 heteroatoms. The summed E-state index contributed by atoms with van der Waals surface area (Å²) in [6.45, 7) is 7.24. The molecule has 0 aromatic carbocycles. The fourth-order valence-corrected chi connectivity index (χ4v) is 2.63. The average molecular weight is 246 g/mol. The summed E-state index contributed by atoms with van der Waals surface area (Å²) in [7, 11) is 0. The van der Waals surface area contributed by atoms with Crippen molar-refractivity contribution in [2.75, 3.05) is 6.54 Å². The summed E-state index contributed by atoms with van der Waals surface area (Å²) >= 11 is 1.80. The van der Waals surface area contributed by atoms with Crippen LogP contribution in [0.3, 0.4) is 0 Å². The maximum atomic E-state index is 4.38. The highest BCUT2D eigenvalue weighted by molar-refractivity contribution is 7.10. The van der Waals surface area contributed by atoms with E-state index in [1.54, 1.807) is 11.3 Å². The maximum absolute atomic E-state index is 4.38. The molecule has 0 aliphatic rings. The maximum Gasteiger partial charge on any atom is 0.0600 e. The van der Waals surface area contributed by atoms with E-state index in [1.165, 1.54) is 16.0 Å². The van der Waals surface area contributed by atoms with Crippen LogP contribution in [0.1, 0.15) is 34.7 Å². The fourth-order valence-electron chi connectivity index (χ4n) is 1.90. The predicted octanol–water partition coefficient (Wildman–Crippen LogP) is 3.46. The van der Waals surface area contributed by atoms with Crippen molar-refractivity contribution in [3.05, 3.63) is 51.5 Å². The first-order chi connectivity index (χ1) is 8.20. The molecule has 1 unspecified atom stereocenters. The molecule has 1 N–H and O–H groups in total. The Morgan fingerprint density at radius 3 is 2.65 bits per heavy atom. The predicted molar refractivity (Wildman–Crippen MR) is 73.5 cm³/mol. The van der Waals surface area contributed by atoms with Crippen molar-refractivity contribution in [1.82, 2.24) is 10.3 Å². The highest BCUT2D eigenvalue weighted by Gasteiger charge is 2.14. The van der Waals surface area contributed by atoms with E-state index in [0.29, 0.717) is 0 Å². The molecule has 2 aromatic heterocycles. The largest absolute Gasteiger partial charge is 0.306 e. The number of hydrogen-bond donors (Lipinski definition) is 1. The number of nitrogens with zero attached hydrogens (tertiary/aromatic N) is 1. The molecule has 0 spiro atoms. The Bertz CT molecular complexity index is 473. The Hall–Kier alpha value is -1.19. The molecule has 2 aromatic rings. The third-order valence-electron chi connectivity index (χ3n) is 2.76. The lowest BCUT2D eigenvalue weighted by molar-refractivity contribution is 0.630. The number of hydrogen-bond acceptors (Lipinski definition) is 3. The lowest BCUT2D eigenvalue weighted by Gasteiger charge is -2.17. The molecule has 0 aliphatic heterocycles. The van der Waals surface area contributed by atoms with Crippen LogP contribution in [-0.4, -0.2) is 11.5 Å². The number of rotatable bonds is 4. The molecule has 2 rings (SSSR count). The van der Waals surface area contributed by atoms with Crippen LogP contribution in [0.25, 0.3) is 0 Å². The highest BCUT2D eigenvalue weighted by Crippen LogP contribution is 2.25. The number of pyridine rings is 1. The molecule has 1 atom stereocenters. The van der Waals surface area contributed by atoms with E-state index in [0.717, 1.165) is 12.2 Å². The van der Waals surface area contributed by atoms with Gasteiger partial charge in [-0.15, -0.1) is 11.3 Å². The topological polar surface area (TPSA) is 24.9 Å². The normalized spacial score (nSPS) is 12.6. The first-order valence-electron chi connectivity index (χ1n) is 5.91. The molecule has 0 saturated heterocycles. The lowest BCUT2D eigenvalue weighted by atomic mass is 10.0. The molecular weight excluding hydrogens is 228 g/mol. The van der Waals surface area contributed by atoms with Crippen LogP contribution in [0.4, 0.5) is 0 Å². The van der Waals surface area contributed by atoms with Crippen molar-refractivity contribution in [1.29, 1.82) is 0 Å². The van der Waals surface area contributed by atoms with Crippen LogP contribution in [0.5, 0.6) is 0 Å². The molecule has 2 heterocycles. The van der Waals surface area contributed by atoms with Crippen LogP contribution in [-0.2, 0) is 0 Å². The quantitative estimate of drug-likeness (QED) is 0.893. The first kappa shape index (κ1) is 12.3. The molecule has 90 valence electrons. The van der Waals surface area contributed by atoms with Crippen molar-refractivity contribution in [2.45, 2.75) is 26.8 Å². The van der Waals surface area contributed by atoms with Gasteiger partial charge in [0, 0.05) is 16.8 Å². The fraction of sp³-hybridized carbons (Fsp3) is 0.357. The van der Waals surface area contributed by atoms with E-state index in [4.69, 9.17) is 0 Å².